The van der Waals surface area contributed by atoms with Crippen LogP contribution in [0.15, 0.2) is 53.5 Å². The molecule has 0 saturated heterocycles. The zero-order chi connectivity index (χ0) is 19.7. The molecule has 0 unspecified atom stereocenters. The number of aromatic hydroxyl groups is 1. The summed E-state index contributed by atoms with van der Waals surface area (Å²) in [7, 11) is 0. The van der Waals surface area contributed by atoms with Crippen LogP contribution in [-0.2, 0) is 19.4 Å². The quantitative estimate of drug-likeness (QED) is 0.402. The van der Waals surface area contributed by atoms with Gasteiger partial charge in [0, 0.05) is 28.5 Å². The zero-order valence-corrected chi connectivity index (χ0v) is 16.0. The molecule has 0 saturated carbocycles. The molecule has 2 heterocycles. The standard InChI is InChI=1S/C21H21ClN4O2/c22-16-4-1-13(2-5-16)12-26-20(27)19(25-21(26)28)10-14-3-6-18-17(9-14)15(7-8-23)11-24-18/h1-6,9,11,24,27H,7-8,10,12,23H2,(H,25,28). The number of fused-ring (bicyclic) bond motifs is 1. The van der Waals surface area contributed by atoms with Gasteiger partial charge < -0.3 is 20.8 Å². The summed E-state index contributed by atoms with van der Waals surface area (Å²) < 4.78 is 1.33. The number of benzene rings is 2. The topological polar surface area (TPSA) is 99.8 Å². The van der Waals surface area contributed by atoms with Gasteiger partial charge in [-0.2, -0.15) is 0 Å². The van der Waals surface area contributed by atoms with Crippen molar-refractivity contribution >= 4 is 22.5 Å². The van der Waals surface area contributed by atoms with Gasteiger partial charge in [0.25, 0.3) is 0 Å². The molecule has 144 valence electrons. The first-order chi connectivity index (χ1) is 13.5. The number of nitrogens with zero attached hydrogens (tertiary/aromatic N) is 1. The lowest BCUT2D eigenvalue weighted by molar-refractivity contribution is 0.417. The number of H-pyrrole nitrogens is 2. The Morgan fingerprint density at radius 3 is 2.61 bits per heavy atom. The van der Waals surface area contributed by atoms with Crippen molar-refractivity contribution in [3.8, 4) is 5.88 Å². The van der Waals surface area contributed by atoms with Gasteiger partial charge in [0.1, 0.15) is 0 Å². The molecule has 0 aliphatic carbocycles. The summed E-state index contributed by atoms with van der Waals surface area (Å²) in [5.74, 6) is -0.0451. The Morgan fingerprint density at radius 2 is 1.86 bits per heavy atom. The predicted octanol–water partition coefficient (Wildman–Crippen LogP) is 3.16. The zero-order valence-electron chi connectivity index (χ0n) is 15.2. The highest BCUT2D eigenvalue weighted by molar-refractivity contribution is 6.30. The highest BCUT2D eigenvalue weighted by Gasteiger charge is 2.14. The summed E-state index contributed by atoms with van der Waals surface area (Å²) in [6, 6.07) is 13.3. The third-order valence-electron chi connectivity index (χ3n) is 4.91. The molecule has 4 aromatic rings. The molecule has 6 nitrogen and oxygen atoms in total. The third kappa shape index (κ3) is 3.56. The molecule has 0 bridgehead atoms. The predicted molar refractivity (Wildman–Crippen MR) is 111 cm³/mol. The van der Waals surface area contributed by atoms with E-state index < -0.39 is 0 Å². The van der Waals surface area contributed by atoms with E-state index in [0.717, 1.165) is 34.0 Å². The van der Waals surface area contributed by atoms with Crippen LogP contribution in [0.1, 0.15) is 22.4 Å². The number of hydrogen-bond acceptors (Lipinski definition) is 3. The molecular weight excluding hydrogens is 376 g/mol. The van der Waals surface area contributed by atoms with E-state index >= 15 is 0 Å². The van der Waals surface area contributed by atoms with Crippen molar-refractivity contribution < 1.29 is 5.11 Å². The van der Waals surface area contributed by atoms with Crippen LogP contribution in [0.3, 0.4) is 0 Å². The van der Waals surface area contributed by atoms with Crippen LogP contribution in [0, 0.1) is 0 Å². The van der Waals surface area contributed by atoms with E-state index in [9.17, 15) is 9.90 Å². The monoisotopic (exact) mass is 396 g/mol. The van der Waals surface area contributed by atoms with E-state index in [1.165, 1.54) is 4.57 Å². The number of rotatable bonds is 6. The summed E-state index contributed by atoms with van der Waals surface area (Å²) in [5.41, 5.74) is 9.94. The summed E-state index contributed by atoms with van der Waals surface area (Å²) in [4.78, 5) is 18.4. The number of halogens is 1. The number of imidazole rings is 1. The lowest BCUT2D eigenvalue weighted by atomic mass is 10.0. The fourth-order valence-corrected chi connectivity index (χ4v) is 3.58. The number of aromatic amines is 2. The third-order valence-corrected chi connectivity index (χ3v) is 5.16. The van der Waals surface area contributed by atoms with Crippen molar-refractivity contribution in [1.82, 2.24) is 14.5 Å². The van der Waals surface area contributed by atoms with Crippen LogP contribution in [0.5, 0.6) is 5.88 Å². The van der Waals surface area contributed by atoms with Crippen molar-refractivity contribution in [3.05, 3.63) is 86.6 Å². The van der Waals surface area contributed by atoms with Crippen molar-refractivity contribution in [2.24, 2.45) is 5.73 Å². The van der Waals surface area contributed by atoms with Crippen molar-refractivity contribution in [1.29, 1.82) is 0 Å². The minimum Gasteiger partial charge on any atom is -0.493 e. The van der Waals surface area contributed by atoms with Crippen LogP contribution < -0.4 is 11.4 Å². The average Bonchev–Trinajstić information content (AvgIpc) is 3.20. The van der Waals surface area contributed by atoms with Gasteiger partial charge in [-0.15, -0.1) is 0 Å². The molecule has 0 spiro atoms. The SMILES string of the molecule is NCCc1c[nH]c2ccc(Cc3[nH]c(=O)n(Cc4ccc(Cl)cc4)c3O)cc12. The molecular formula is C21H21ClN4O2. The van der Waals surface area contributed by atoms with Crippen LogP contribution in [0.25, 0.3) is 10.9 Å². The van der Waals surface area contributed by atoms with Crippen LogP contribution >= 0.6 is 11.6 Å². The molecule has 0 amide bonds. The van der Waals surface area contributed by atoms with Gasteiger partial charge in [-0.1, -0.05) is 29.8 Å². The number of aromatic nitrogens is 3. The molecule has 5 N–H and O–H groups in total. The summed E-state index contributed by atoms with van der Waals surface area (Å²) >= 11 is 5.90. The maximum Gasteiger partial charge on any atom is 0.328 e. The number of nitrogens with two attached hydrogens (primary N) is 1. The second kappa shape index (κ2) is 7.58. The highest BCUT2D eigenvalue weighted by atomic mass is 35.5. The van der Waals surface area contributed by atoms with Gasteiger partial charge in [-0.3, -0.25) is 4.57 Å². The summed E-state index contributed by atoms with van der Waals surface area (Å²) in [5, 5.41) is 12.3. The van der Waals surface area contributed by atoms with Crippen molar-refractivity contribution in [3.63, 3.8) is 0 Å². The van der Waals surface area contributed by atoms with E-state index in [1.807, 2.05) is 30.5 Å². The van der Waals surface area contributed by atoms with E-state index in [4.69, 9.17) is 17.3 Å². The van der Waals surface area contributed by atoms with E-state index in [0.29, 0.717) is 23.7 Å². The van der Waals surface area contributed by atoms with E-state index in [-0.39, 0.29) is 18.1 Å². The Balaban J connectivity index is 1.62. The second-order valence-corrected chi connectivity index (χ2v) is 7.29. The molecule has 28 heavy (non-hydrogen) atoms. The molecule has 0 radical (unpaired) electrons. The van der Waals surface area contributed by atoms with Gasteiger partial charge in [0.15, 0.2) is 0 Å². The first-order valence-corrected chi connectivity index (χ1v) is 9.47. The minimum absolute atomic E-state index is 0.0451. The van der Waals surface area contributed by atoms with Gasteiger partial charge in [-0.25, -0.2) is 4.79 Å². The second-order valence-electron chi connectivity index (χ2n) is 6.85. The first kappa shape index (κ1) is 18.4. The molecule has 0 aliphatic rings. The molecule has 7 heteroatoms. The molecule has 4 rings (SSSR count). The fraction of sp³-hybridized carbons (Fsp3) is 0.190. The molecule has 0 aliphatic heterocycles. The van der Waals surface area contributed by atoms with Crippen LogP contribution in [0.2, 0.25) is 5.02 Å². The van der Waals surface area contributed by atoms with E-state index in [1.54, 1.807) is 12.1 Å². The molecule has 2 aromatic carbocycles. The lowest BCUT2D eigenvalue weighted by Gasteiger charge is -2.05. The van der Waals surface area contributed by atoms with Gasteiger partial charge in [0.2, 0.25) is 5.88 Å². The first-order valence-electron chi connectivity index (χ1n) is 9.09. The van der Waals surface area contributed by atoms with Gasteiger partial charge in [0.05, 0.1) is 12.2 Å². The largest absolute Gasteiger partial charge is 0.493 e. The summed E-state index contributed by atoms with van der Waals surface area (Å²) in [6.45, 7) is 0.856. The lowest BCUT2D eigenvalue weighted by Crippen LogP contribution is -2.17. The van der Waals surface area contributed by atoms with E-state index in [2.05, 4.69) is 16.0 Å². The normalized spacial score (nSPS) is 11.4. The Kier molecular flexibility index (Phi) is 4.98. The smallest absolute Gasteiger partial charge is 0.328 e. The number of hydrogen-bond donors (Lipinski definition) is 4. The molecule has 0 fully saturated rings. The van der Waals surface area contributed by atoms with Crippen LogP contribution in [-0.4, -0.2) is 26.2 Å². The van der Waals surface area contributed by atoms with Gasteiger partial charge >= 0.3 is 5.69 Å². The highest BCUT2D eigenvalue weighted by Crippen LogP contribution is 2.24. The fourth-order valence-electron chi connectivity index (χ4n) is 3.46. The Morgan fingerprint density at radius 1 is 1.11 bits per heavy atom. The maximum atomic E-state index is 12.3. The number of nitrogens with one attached hydrogen (secondary N) is 2. The maximum absolute atomic E-state index is 12.3. The Bertz CT molecular complexity index is 1170. The van der Waals surface area contributed by atoms with Crippen molar-refractivity contribution in [2.45, 2.75) is 19.4 Å². The molecule has 2 aromatic heterocycles. The Hall–Kier alpha value is -2.96. The average molecular weight is 397 g/mol. The minimum atomic E-state index is -0.339. The summed E-state index contributed by atoms with van der Waals surface area (Å²) in [6.07, 6.45) is 3.20. The van der Waals surface area contributed by atoms with Gasteiger partial charge in [-0.05, 0) is 53.9 Å². The van der Waals surface area contributed by atoms with Crippen molar-refractivity contribution in [2.75, 3.05) is 6.54 Å². The van der Waals surface area contributed by atoms with Crippen LogP contribution in [0.4, 0.5) is 0 Å². The molecule has 0 atom stereocenters. The Labute approximate surface area is 166 Å².